The van der Waals surface area contributed by atoms with E-state index in [1.165, 1.54) is 30.3 Å². The van der Waals surface area contributed by atoms with Gasteiger partial charge in [-0.3, -0.25) is 9.59 Å². The summed E-state index contributed by atoms with van der Waals surface area (Å²) in [5.74, 6) is -0.821. The summed E-state index contributed by atoms with van der Waals surface area (Å²) < 4.78 is 5.49. The summed E-state index contributed by atoms with van der Waals surface area (Å²) in [6, 6.07) is 10.2. The molecule has 0 unspecified atom stereocenters. The average Bonchev–Trinajstić information content (AvgIpc) is 2.52. The van der Waals surface area contributed by atoms with Crippen molar-refractivity contribution < 1.29 is 24.2 Å². The van der Waals surface area contributed by atoms with Crippen molar-refractivity contribution in [3.8, 4) is 5.75 Å². The molecule has 0 fully saturated rings. The van der Waals surface area contributed by atoms with E-state index >= 15 is 0 Å². The zero-order valence-corrected chi connectivity index (χ0v) is 13.1. The molecule has 0 aliphatic heterocycles. The van der Waals surface area contributed by atoms with Crippen LogP contribution in [0.15, 0.2) is 42.5 Å². The maximum absolute atomic E-state index is 11.3. The Morgan fingerprint density at radius 1 is 0.913 bits per heavy atom. The van der Waals surface area contributed by atoms with Crippen LogP contribution in [0.3, 0.4) is 0 Å². The molecule has 0 heterocycles. The highest BCUT2D eigenvalue weighted by Crippen LogP contribution is 2.21. The van der Waals surface area contributed by atoms with Crippen molar-refractivity contribution in [1.82, 2.24) is 0 Å². The van der Waals surface area contributed by atoms with Crippen molar-refractivity contribution in [3.05, 3.63) is 64.7 Å². The van der Waals surface area contributed by atoms with Crippen LogP contribution in [-0.2, 0) is 6.61 Å². The minimum absolute atomic E-state index is 0.0525. The second-order valence-electron chi connectivity index (χ2n) is 4.59. The third-order valence-electron chi connectivity index (χ3n) is 2.94. The zero-order chi connectivity index (χ0) is 17.0. The molecule has 23 heavy (non-hydrogen) atoms. The molecule has 0 amide bonds. The largest absolute Gasteiger partial charge is 0.489 e. The highest BCUT2D eigenvalue weighted by atomic mass is 35.5. The number of carbonyl (C=O) groups excluding carboxylic acids is 2. The topological polar surface area (TPSA) is 80.7 Å². The van der Waals surface area contributed by atoms with Gasteiger partial charge in [0.2, 0.25) is 0 Å². The summed E-state index contributed by atoms with van der Waals surface area (Å²) in [6.07, 6.45) is 0. The molecule has 2 aromatic rings. The fourth-order valence-corrected chi connectivity index (χ4v) is 2.09. The molecule has 0 aliphatic rings. The van der Waals surface area contributed by atoms with Crippen LogP contribution in [0.4, 0.5) is 0 Å². The van der Waals surface area contributed by atoms with Crippen LogP contribution >= 0.6 is 23.2 Å². The van der Waals surface area contributed by atoms with Crippen molar-refractivity contribution >= 4 is 39.7 Å². The molecule has 1 N–H and O–H groups in total. The predicted molar refractivity (Wildman–Crippen MR) is 84.5 cm³/mol. The Balaban J connectivity index is 2.23. The van der Waals surface area contributed by atoms with Crippen molar-refractivity contribution in [2.75, 3.05) is 0 Å². The number of carboxylic acids is 1. The molecule has 0 radical (unpaired) electrons. The van der Waals surface area contributed by atoms with Gasteiger partial charge in [-0.25, -0.2) is 4.79 Å². The van der Waals surface area contributed by atoms with Gasteiger partial charge in [-0.1, -0.05) is 12.1 Å². The molecule has 2 aromatic carbocycles. The molecule has 0 saturated carbocycles. The van der Waals surface area contributed by atoms with E-state index in [0.29, 0.717) is 5.56 Å². The van der Waals surface area contributed by atoms with E-state index in [1.54, 1.807) is 12.1 Å². The van der Waals surface area contributed by atoms with Gasteiger partial charge in [0.1, 0.15) is 12.4 Å². The Kier molecular flexibility index (Phi) is 5.36. The molecule has 0 saturated heterocycles. The number of aromatic carboxylic acids is 1. The lowest BCUT2D eigenvalue weighted by Crippen LogP contribution is -2.02. The molecule has 0 spiro atoms. The molecule has 0 aliphatic carbocycles. The summed E-state index contributed by atoms with van der Waals surface area (Å²) in [7, 11) is 0. The summed E-state index contributed by atoms with van der Waals surface area (Å²) in [5.41, 5.74) is 0.901. The molecule has 7 heteroatoms. The molecular formula is C16H10Cl2O5. The minimum Gasteiger partial charge on any atom is -0.489 e. The van der Waals surface area contributed by atoms with E-state index in [4.69, 9.17) is 33.0 Å². The standard InChI is InChI=1S/C16H10Cl2O5/c17-14(19)11-5-12(15(18)20)7-13(6-11)23-8-9-2-1-3-10(4-9)16(21)22/h1-7H,8H2,(H,21,22). The number of halogens is 2. The molecule has 2 rings (SSSR count). The highest BCUT2D eigenvalue weighted by Gasteiger charge is 2.11. The number of ether oxygens (including phenoxy) is 1. The van der Waals surface area contributed by atoms with Gasteiger partial charge < -0.3 is 9.84 Å². The van der Waals surface area contributed by atoms with Gasteiger partial charge in [0, 0.05) is 11.1 Å². The summed E-state index contributed by atoms with van der Waals surface area (Å²) in [4.78, 5) is 33.4. The third-order valence-corrected chi connectivity index (χ3v) is 3.38. The Morgan fingerprint density at radius 3 is 2.04 bits per heavy atom. The number of hydrogen-bond donors (Lipinski definition) is 1. The van der Waals surface area contributed by atoms with Crippen LogP contribution in [0.25, 0.3) is 0 Å². The lowest BCUT2D eigenvalue weighted by molar-refractivity contribution is 0.0696. The fraction of sp³-hybridized carbons (Fsp3) is 0.0625. The molecule has 0 bridgehead atoms. The van der Waals surface area contributed by atoms with Crippen LogP contribution in [-0.4, -0.2) is 21.6 Å². The summed E-state index contributed by atoms with van der Waals surface area (Å²) in [5, 5.41) is 7.45. The van der Waals surface area contributed by atoms with Gasteiger partial charge in [-0.05, 0) is 59.1 Å². The van der Waals surface area contributed by atoms with Crippen molar-refractivity contribution in [2.24, 2.45) is 0 Å². The van der Waals surface area contributed by atoms with E-state index in [-0.39, 0.29) is 29.0 Å². The molecule has 118 valence electrons. The Morgan fingerprint density at radius 2 is 1.52 bits per heavy atom. The fourth-order valence-electron chi connectivity index (χ4n) is 1.87. The first-order chi connectivity index (χ1) is 10.9. The van der Waals surface area contributed by atoms with Crippen molar-refractivity contribution in [1.29, 1.82) is 0 Å². The molecular weight excluding hydrogens is 343 g/mol. The number of benzene rings is 2. The van der Waals surface area contributed by atoms with Gasteiger partial charge in [-0.2, -0.15) is 0 Å². The average molecular weight is 353 g/mol. The van der Waals surface area contributed by atoms with E-state index in [2.05, 4.69) is 0 Å². The van der Waals surface area contributed by atoms with Crippen molar-refractivity contribution in [2.45, 2.75) is 6.61 Å². The second kappa shape index (κ2) is 7.26. The quantitative estimate of drug-likeness (QED) is 0.801. The normalized spacial score (nSPS) is 10.2. The Labute approximate surface area is 141 Å². The van der Waals surface area contributed by atoms with Gasteiger partial charge >= 0.3 is 5.97 Å². The first kappa shape index (κ1) is 17.0. The minimum atomic E-state index is -1.04. The smallest absolute Gasteiger partial charge is 0.335 e. The number of carbonyl (C=O) groups is 3. The van der Waals surface area contributed by atoms with Crippen LogP contribution in [0.2, 0.25) is 0 Å². The van der Waals surface area contributed by atoms with E-state index in [9.17, 15) is 14.4 Å². The van der Waals surface area contributed by atoms with E-state index < -0.39 is 16.5 Å². The molecule has 0 atom stereocenters. The number of carboxylic acid groups (broad SMARTS) is 1. The van der Waals surface area contributed by atoms with Gasteiger partial charge in [0.05, 0.1) is 5.56 Å². The first-order valence-corrected chi connectivity index (χ1v) is 7.12. The maximum Gasteiger partial charge on any atom is 0.335 e. The van der Waals surface area contributed by atoms with E-state index in [0.717, 1.165) is 0 Å². The lowest BCUT2D eigenvalue weighted by atomic mass is 10.1. The van der Waals surface area contributed by atoms with Gasteiger partial charge in [0.25, 0.3) is 10.5 Å². The van der Waals surface area contributed by atoms with Crippen LogP contribution in [0, 0.1) is 0 Å². The lowest BCUT2D eigenvalue weighted by Gasteiger charge is -2.09. The monoisotopic (exact) mass is 352 g/mol. The predicted octanol–water partition coefficient (Wildman–Crippen LogP) is 3.72. The second-order valence-corrected chi connectivity index (χ2v) is 5.27. The molecule has 5 nitrogen and oxygen atoms in total. The van der Waals surface area contributed by atoms with Crippen LogP contribution in [0.5, 0.6) is 5.75 Å². The van der Waals surface area contributed by atoms with Crippen LogP contribution < -0.4 is 4.74 Å². The van der Waals surface area contributed by atoms with Crippen molar-refractivity contribution in [3.63, 3.8) is 0 Å². The summed E-state index contributed by atoms with van der Waals surface area (Å²) >= 11 is 10.8. The Bertz CT molecular complexity index is 754. The van der Waals surface area contributed by atoms with Gasteiger partial charge in [0.15, 0.2) is 0 Å². The third kappa shape index (κ3) is 4.55. The maximum atomic E-state index is 11.3. The van der Waals surface area contributed by atoms with Crippen LogP contribution in [0.1, 0.15) is 36.6 Å². The van der Waals surface area contributed by atoms with E-state index in [1.807, 2.05) is 0 Å². The first-order valence-electron chi connectivity index (χ1n) is 6.36. The highest BCUT2D eigenvalue weighted by molar-refractivity contribution is 6.69. The number of hydrogen-bond acceptors (Lipinski definition) is 4. The summed E-state index contributed by atoms with van der Waals surface area (Å²) in [6.45, 7) is 0.0525. The Hall–Kier alpha value is -2.37. The zero-order valence-electron chi connectivity index (χ0n) is 11.6. The molecule has 0 aromatic heterocycles. The van der Waals surface area contributed by atoms with Gasteiger partial charge in [-0.15, -0.1) is 0 Å². The SMILES string of the molecule is O=C(O)c1cccc(COc2cc(C(=O)Cl)cc(C(=O)Cl)c2)c1. The number of rotatable bonds is 6.